The van der Waals surface area contributed by atoms with Gasteiger partial charge in [0.05, 0.1) is 17.5 Å². The summed E-state index contributed by atoms with van der Waals surface area (Å²) in [6.07, 6.45) is 6.55. The molecule has 0 saturated heterocycles. The number of benzene rings is 2. The van der Waals surface area contributed by atoms with Crippen LogP contribution in [0.4, 0.5) is 5.69 Å². The van der Waals surface area contributed by atoms with Gasteiger partial charge in [0.25, 0.3) is 5.91 Å². The zero-order chi connectivity index (χ0) is 21.3. The largest absolute Gasteiger partial charge is 0.508 e. The van der Waals surface area contributed by atoms with Gasteiger partial charge >= 0.3 is 11.8 Å². The van der Waals surface area contributed by atoms with Crippen LogP contribution in [-0.4, -0.2) is 35.1 Å². The minimum Gasteiger partial charge on any atom is -0.508 e. The molecule has 8 heteroatoms. The van der Waals surface area contributed by atoms with Crippen LogP contribution in [0, 0.1) is 0 Å². The molecule has 0 aliphatic heterocycles. The fraction of sp³-hybridized carbons (Fsp3) is 0.273. The van der Waals surface area contributed by atoms with Gasteiger partial charge in [0.1, 0.15) is 5.75 Å². The molecule has 0 atom stereocenters. The number of nitrogens with zero attached hydrogens (tertiary/aromatic N) is 1. The molecule has 2 aromatic rings. The summed E-state index contributed by atoms with van der Waals surface area (Å²) in [7, 11) is 0. The van der Waals surface area contributed by atoms with Gasteiger partial charge < -0.3 is 15.7 Å². The number of anilines is 1. The third kappa shape index (κ3) is 5.91. The molecule has 1 fully saturated rings. The molecular formula is C22H24N4O4. The van der Waals surface area contributed by atoms with E-state index < -0.39 is 11.8 Å². The molecular weight excluding hydrogens is 384 g/mol. The Bertz CT molecular complexity index is 952. The van der Waals surface area contributed by atoms with Crippen molar-refractivity contribution >= 4 is 29.6 Å². The highest BCUT2D eigenvalue weighted by molar-refractivity contribution is 6.40. The van der Waals surface area contributed by atoms with Crippen LogP contribution in [0.2, 0.25) is 0 Å². The highest BCUT2D eigenvalue weighted by atomic mass is 16.3. The lowest BCUT2D eigenvalue weighted by atomic mass is 9.95. The quantitative estimate of drug-likeness (QED) is 0.345. The average Bonchev–Trinajstić information content (AvgIpc) is 2.74. The van der Waals surface area contributed by atoms with Crippen molar-refractivity contribution in [2.24, 2.45) is 5.10 Å². The first-order valence-corrected chi connectivity index (χ1v) is 9.86. The van der Waals surface area contributed by atoms with Gasteiger partial charge in [-0.15, -0.1) is 0 Å². The molecule has 30 heavy (non-hydrogen) atoms. The molecule has 1 aliphatic carbocycles. The Morgan fingerprint density at radius 3 is 2.50 bits per heavy atom. The van der Waals surface area contributed by atoms with E-state index >= 15 is 0 Å². The van der Waals surface area contributed by atoms with Crippen molar-refractivity contribution < 1.29 is 19.5 Å². The van der Waals surface area contributed by atoms with Gasteiger partial charge in [-0.1, -0.05) is 43.5 Å². The molecule has 4 N–H and O–H groups in total. The van der Waals surface area contributed by atoms with E-state index in [0.717, 1.165) is 25.7 Å². The predicted octanol–water partition coefficient (Wildman–Crippen LogP) is 2.54. The average molecular weight is 408 g/mol. The minimum atomic E-state index is -0.978. The number of carbonyl (C=O) groups excluding carboxylic acids is 3. The van der Waals surface area contributed by atoms with Crippen LogP contribution in [0.3, 0.4) is 0 Å². The second kappa shape index (κ2) is 10.2. The number of carbonyl (C=O) groups is 3. The van der Waals surface area contributed by atoms with Crippen molar-refractivity contribution in [3.8, 4) is 5.75 Å². The molecule has 1 aliphatic rings. The van der Waals surface area contributed by atoms with Crippen molar-refractivity contribution in [2.75, 3.05) is 5.32 Å². The number of phenolic OH excluding ortho intramolecular Hbond substituents is 1. The standard InChI is InChI=1S/C22H24N4O4/c27-17-10-6-7-15(13-17)14-23-26-22(30)21(29)25-19-12-5-4-11-18(19)20(28)24-16-8-2-1-3-9-16/h4-7,10-14,16,27H,1-3,8-9H2,(H,24,28)(H,25,29)(H,26,30)/b23-14-. The molecule has 0 spiro atoms. The van der Waals surface area contributed by atoms with Gasteiger partial charge in [-0.05, 0) is 42.7 Å². The topological polar surface area (TPSA) is 120 Å². The van der Waals surface area contributed by atoms with E-state index in [-0.39, 0.29) is 23.4 Å². The molecule has 0 bridgehead atoms. The number of rotatable bonds is 5. The van der Waals surface area contributed by atoms with Gasteiger partial charge in [0.15, 0.2) is 0 Å². The monoisotopic (exact) mass is 408 g/mol. The maximum Gasteiger partial charge on any atom is 0.329 e. The number of hydrogen-bond acceptors (Lipinski definition) is 5. The molecule has 1 saturated carbocycles. The zero-order valence-electron chi connectivity index (χ0n) is 16.4. The second-order valence-electron chi connectivity index (χ2n) is 7.10. The highest BCUT2D eigenvalue weighted by Gasteiger charge is 2.20. The maximum atomic E-state index is 12.6. The smallest absolute Gasteiger partial charge is 0.329 e. The number of hydrazone groups is 1. The first-order chi connectivity index (χ1) is 14.5. The van der Waals surface area contributed by atoms with E-state index in [9.17, 15) is 19.5 Å². The van der Waals surface area contributed by atoms with E-state index in [2.05, 4.69) is 21.2 Å². The zero-order valence-corrected chi connectivity index (χ0v) is 16.4. The Morgan fingerprint density at radius 2 is 1.73 bits per heavy atom. The van der Waals surface area contributed by atoms with Gasteiger partial charge in [-0.25, -0.2) is 5.43 Å². The maximum absolute atomic E-state index is 12.6. The minimum absolute atomic E-state index is 0.0612. The Labute approximate surface area is 174 Å². The van der Waals surface area contributed by atoms with Gasteiger partial charge in [-0.3, -0.25) is 14.4 Å². The fourth-order valence-electron chi connectivity index (χ4n) is 3.30. The lowest BCUT2D eigenvalue weighted by molar-refractivity contribution is -0.136. The van der Waals surface area contributed by atoms with E-state index in [1.807, 2.05) is 0 Å². The molecule has 0 unspecified atom stereocenters. The predicted molar refractivity (Wildman–Crippen MR) is 113 cm³/mol. The lowest BCUT2D eigenvalue weighted by Gasteiger charge is -2.23. The molecule has 2 aromatic carbocycles. The SMILES string of the molecule is O=C(N/N=C\c1cccc(O)c1)C(=O)Nc1ccccc1C(=O)NC1CCCCC1. The summed E-state index contributed by atoms with van der Waals surface area (Å²) in [5.74, 6) is -2.14. The Balaban J connectivity index is 1.59. The summed E-state index contributed by atoms with van der Waals surface area (Å²) < 4.78 is 0. The molecule has 3 rings (SSSR count). The van der Waals surface area contributed by atoms with Crippen molar-refractivity contribution in [1.82, 2.24) is 10.7 Å². The van der Waals surface area contributed by atoms with Crippen molar-refractivity contribution in [3.05, 3.63) is 59.7 Å². The van der Waals surface area contributed by atoms with E-state index in [0.29, 0.717) is 11.1 Å². The summed E-state index contributed by atoms with van der Waals surface area (Å²) in [4.78, 5) is 36.9. The number of phenols is 1. The van der Waals surface area contributed by atoms with E-state index in [4.69, 9.17) is 0 Å². The van der Waals surface area contributed by atoms with Crippen LogP contribution in [0.25, 0.3) is 0 Å². The van der Waals surface area contributed by atoms with Crippen LogP contribution >= 0.6 is 0 Å². The normalized spacial score (nSPS) is 14.3. The van der Waals surface area contributed by atoms with Crippen LogP contribution in [0.5, 0.6) is 5.75 Å². The Hall–Kier alpha value is -3.68. The van der Waals surface area contributed by atoms with Crippen molar-refractivity contribution in [2.45, 2.75) is 38.1 Å². The summed E-state index contributed by atoms with van der Waals surface area (Å²) in [5.41, 5.74) is 3.23. The number of nitrogens with one attached hydrogen (secondary N) is 3. The molecule has 0 heterocycles. The third-order valence-corrected chi connectivity index (χ3v) is 4.82. The van der Waals surface area contributed by atoms with E-state index in [1.54, 1.807) is 36.4 Å². The Morgan fingerprint density at radius 1 is 0.967 bits per heavy atom. The summed E-state index contributed by atoms with van der Waals surface area (Å²) in [6.45, 7) is 0. The number of amides is 3. The molecule has 0 radical (unpaired) electrons. The lowest BCUT2D eigenvalue weighted by Crippen LogP contribution is -2.37. The first-order valence-electron chi connectivity index (χ1n) is 9.86. The summed E-state index contributed by atoms with van der Waals surface area (Å²) >= 11 is 0. The van der Waals surface area contributed by atoms with Crippen molar-refractivity contribution in [1.29, 1.82) is 0 Å². The molecule has 3 amide bonds. The number of hydrogen-bond donors (Lipinski definition) is 4. The first kappa shape index (κ1) is 21.0. The molecule has 156 valence electrons. The molecule has 8 nitrogen and oxygen atoms in total. The number of aromatic hydroxyl groups is 1. The van der Waals surface area contributed by atoms with Gasteiger partial charge in [0, 0.05) is 6.04 Å². The van der Waals surface area contributed by atoms with Crippen LogP contribution < -0.4 is 16.1 Å². The molecule has 0 aromatic heterocycles. The van der Waals surface area contributed by atoms with Crippen LogP contribution in [0.15, 0.2) is 53.6 Å². The van der Waals surface area contributed by atoms with Gasteiger partial charge in [-0.2, -0.15) is 5.10 Å². The van der Waals surface area contributed by atoms with E-state index in [1.165, 1.54) is 24.8 Å². The Kier molecular flexibility index (Phi) is 7.15. The summed E-state index contributed by atoms with van der Waals surface area (Å²) in [6, 6.07) is 12.9. The second-order valence-corrected chi connectivity index (χ2v) is 7.10. The van der Waals surface area contributed by atoms with Gasteiger partial charge in [0.2, 0.25) is 0 Å². The third-order valence-electron chi connectivity index (χ3n) is 4.82. The highest BCUT2D eigenvalue weighted by Crippen LogP contribution is 2.20. The van der Waals surface area contributed by atoms with Crippen LogP contribution in [0.1, 0.15) is 48.0 Å². The fourth-order valence-corrected chi connectivity index (χ4v) is 3.30. The van der Waals surface area contributed by atoms with Crippen LogP contribution in [-0.2, 0) is 9.59 Å². The number of para-hydroxylation sites is 1. The van der Waals surface area contributed by atoms with Crippen molar-refractivity contribution in [3.63, 3.8) is 0 Å². The summed E-state index contributed by atoms with van der Waals surface area (Å²) in [5, 5.41) is 18.6.